The standard InChI is InChI=1S/C11H11Cl2N3O/c1-2-9-15-11(16-17-9)10(14)7-4-3-6(12)5-8(7)13/h3-5,10H,2,14H2,1H3. The van der Waals surface area contributed by atoms with Crippen LogP contribution in [0.5, 0.6) is 0 Å². The highest BCUT2D eigenvalue weighted by molar-refractivity contribution is 6.35. The van der Waals surface area contributed by atoms with Gasteiger partial charge in [0.25, 0.3) is 0 Å². The number of rotatable bonds is 3. The van der Waals surface area contributed by atoms with Crippen molar-refractivity contribution in [2.45, 2.75) is 19.4 Å². The van der Waals surface area contributed by atoms with Crippen LogP contribution in [0.1, 0.15) is 30.2 Å². The van der Waals surface area contributed by atoms with Gasteiger partial charge in [0.2, 0.25) is 5.89 Å². The van der Waals surface area contributed by atoms with Crippen LogP contribution in [0.15, 0.2) is 22.7 Å². The quantitative estimate of drug-likeness (QED) is 0.932. The molecule has 0 amide bonds. The van der Waals surface area contributed by atoms with E-state index in [1.54, 1.807) is 18.2 Å². The lowest BCUT2D eigenvalue weighted by Gasteiger charge is -2.09. The van der Waals surface area contributed by atoms with Crippen LogP contribution in [-0.4, -0.2) is 10.1 Å². The molecule has 2 rings (SSSR count). The van der Waals surface area contributed by atoms with Gasteiger partial charge in [0, 0.05) is 16.5 Å². The van der Waals surface area contributed by atoms with Gasteiger partial charge in [0.05, 0.1) is 6.04 Å². The van der Waals surface area contributed by atoms with E-state index in [-0.39, 0.29) is 0 Å². The number of aryl methyl sites for hydroxylation is 1. The van der Waals surface area contributed by atoms with Gasteiger partial charge in [-0.1, -0.05) is 41.3 Å². The summed E-state index contributed by atoms with van der Waals surface area (Å²) >= 11 is 11.9. The van der Waals surface area contributed by atoms with Crippen LogP contribution in [0.3, 0.4) is 0 Å². The number of hydrogen-bond acceptors (Lipinski definition) is 4. The topological polar surface area (TPSA) is 64.9 Å². The first-order valence-electron chi connectivity index (χ1n) is 5.14. The van der Waals surface area contributed by atoms with Gasteiger partial charge in [0.1, 0.15) is 0 Å². The van der Waals surface area contributed by atoms with Gasteiger partial charge in [-0.2, -0.15) is 4.98 Å². The highest BCUT2D eigenvalue weighted by Gasteiger charge is 2.18. The minimum absolute atomic E-state index is 0.422. The van der Waals surface area contributed by atoms with Crippen LogP contribution >= 0.6 is 23.2 Å². The fraction of sp³-hybridized carbons (Fsp3) is 0.273. The molecule has 0 bridgehead atoms. The molecule has 0 saturated carbocycles. The molecule has 2 aromatic rings. The van der Waals surface area contributed by atoms with E-state index in [1.807, 2.05) is 6.92 Å². The summed E-state index contributed by atoms with van der Waals surface area (Å²) < 4.78 is 5.01. The van der Waals surface area contributed by atoms with Crippen molar-refractivity contribution >= 4 is 23.2 Å². The van der Waals surface area contributed by atoms with Crippen LogP contribution in [0.25, 0.3) is 0 Å². The molecule has 17 heavy (non-hydrogen) atoms. The number of nitrogens with zero attached hydrogens (tertiary/aromatic N) is 2. The maximum absolute atomic E-state index is 6.06. The van der Waals surface area contributed by atoms with Crippen molar-refractivity contribution in [3.63, 3.8) is 0 Å². The van der Waals surface area contributed by atoms with Crippen molar-refractivity contribution in [3.8, 4) is 0 Å². The van der Waals surface area contributed by atoms with Gasteiger partial charge in [-0.3, -0.25) is 0 Å². The summed E-state index contributed by atoms with van der Waals surface area (Å²) in [5.41, 5.74) is 6.74. The second kappa shape index (κ2) is 5.04. The number of nitrogens with two attached hydrogens (primary N) is 1. The number of aromatic nitrogens is 2. The molecule has 2 N–H and O–H groups in total. The summed E-state index contributed by atoms with van der Waals surface area (Å²) in [6.45, 7) is 1.93. The van der Waals surface area contributed by atoms with E-state index in [0.717, 1.165) is 5.56 Å². The molecule has 0 saturated heterocycles. The third-order valence-electron chi connectivity index (χ3n) is 2.36. The van der Waals surface area contributed by atoms with E-state index in [2.05, 4.69) is 10.1 Å². The van der Waals surface area contributed by atoms with E-state index < -0.39 is 6.04 Å². The fourth-order valence-electron chi connectivity index (χ4n) is 1.43. The largest absolute Gasteiger partial charge is 0.339 e. The molecule has 0 spiro atoms. The number of hydrogen-bond donors (Lipinski definition) is 1. The van der Waals surface area contributed by atoms with Crippen molar-refractivity contribution < 1.29 is 4.52 Å². The number of benzene rings is 1. The lowest BCUT2D eigenvalue weighted by atomic mass is 10.1. The Morgan fingerprint density at radius 2 is 2.18 bits per heavy atom. The van der Waals surface area contributed by atoms with Crippen molar-refractivity contribution in [1.82, 2.24) is 10.1 Å². The molecule has 1 atom stereocenters. The Kier molecular flexibility index (Phi) is 3.66. The first-order chi connectivity index (χ1) is 8.11. The van der Waals surface area contributed by atoms with Gasteiger partial charge >= 0.3 is 0 Å². The van der Waals surface area contributed by atoms with E-state index in [1.165, 1.54) is 0 Å². The maximum Gasteiger partial charge on any atom is 0.226 e. The lowest BCUT2D eigenvalue weighted by Crippen LogP contribution is -2.14. The van der Waals surface area contributed by atoms with E-state index in [9.17, 15) is 0 Å². The normalized spacial score (nSPS) is 12.7. The predicted molar refractivity (Wildman–Crippen MR) is 66.2 cm³/mol. The predicted octanol–water partition coefficient (Wildman–Crippen LogP) is 2.99. The highest BCUT2D eigenvalue weighted by atomic mass is 35.5. The molecular weight excluding hydrogens is 261 g/mol. The zero-order valence-corrected chi connectivity index (χ0v) is 10.7. The molecule has 1 unspecified atom stereocenters. The Balaban J connectivity index is 2.33. The van der Waals surface area contributed by atoms with Gasteiger partial charge in [-0.15, -0.1) is 0 Å². The Morgan fingerprint density at radius 3 is 2.76 bits per heavy atom. The monoisotopic (exact) mass is 271 g/mol. The second-order valence-corrected chi connectivity index (χ2v) is 4.39. The minimum atomic E-state index is -0.510. The van der Waals surface area contributed by atoms with Crippen molar-refractivity contribution in [1.29, 1.82) is 0 Å². The Morgan fingerprint density at radius 1 is 1.41 bits per heavy atom. The van der Waals surface area contributed by atoms with Crippen molar-refractivity contribution in [2.75, 3.05) is 0 Å². The first-order valence-corrected chi connectivity index (χ1v) is 5.90. The van der Waals surface area contributed by atoms with Crippen molar-refractivity contribution in [3.05, 3.63) is 45.5 Å². The Labute approximate surface area is 109 Å². The average Bonchev–Trinajstić information content (AvgIpc) is 2.76. The molecule has 1 heterocycles. The zero-order valence-electron chi connectivity index (χ0n) is 9.15. The Bertz CT molecular complexity index is 527. The zero-order chi connectivity index (χ0) is 12.4. The van der Waals surface area contributed by atoms with Crippen LogP contribution in [0.2, 0.25) is 10.0 Å². The molecule has 0 aliphatic rings. The second-order valence-electron chi connectivity index (χ2n) is 3.54. The highest BCUT2D eigenvalue weighted by Crippen LogP contribution is 2.27. The third-order valence-corrected chi connectivity index (χ3v) is 2.92. The van der Waals surface area contributed by atoms with Crippen LogP contribution in [-0.2, 0) is 6.42 Å². The minimum Gasteiger partial charge on any atom is -0.339 e. The fourth-order valence-corrected chi connectivity index (χ4v) is 1.96. The van der Waals surface area contributed by atoms with Crippen LogP contribution in [0, 0.1) is 0 Å². The average molecular weight is 272 g/mol. The summed E-state index contributed by atoms with van der Waals surface area (Å²) in [6, 6.07) is 4.61. The molecule has 0 fully saturated rings. The molecular formula is C11H11Cl2N3O. The molecule has 90 valence electrons. The van der Waals surface area contributed by atoms with Gasteiger partial charge in [-0.05, 0) is 17.7 Å². The molecule has 0 radical (unpaired) electrons. The number of halogens is 2. The summed E-state index contributed by atoms with van der Waals surface area (Å²) in [4.78, 5) is 4.17. The summed E-state index contributed by atoms with van der Waals surface area (Å²) in [7, 11) is 0. The molecule has 6 heteroatoms. The van der Waals surface area contributed by atoms with Crippen LogP contribution in [0.4, 0.5) is 0 Å². The van der Waals surface area contributed by atoms with Crippen LogP contribution < -0.4 is 5.73 Å². The maximum atomic E-state index is 6.06. The summed E-state index contributed by atoms with van der Waals surface area (Å²) in [6.07, 6.45) is 0.675. The summed E-state index contributed by atoms with van der Waals surface area (Å²) in [5, 5.41) is 4.88. The van der Waals surface area contributed by atoms with Gasteiger partial charge in [0.15, 0.2) is 5.82 Å². The first kappa shape index (κ1) is 12.4. The molecule has 1 aromatic heterocycles. The van der Waals surface area contributed by atoms with E-state index in [0.29, 0.717) is 28.2 Å². The smallest absolute Gasteiger partial charge is 0.226 e. The third kappa shape index (κ3) is 2.60. The van der Waals surface area contributed by atoms with E-state index in [4.69, 9.17) is 33.5 Å². The molecule has 4 nitrogen and oxygen atoms in total. The van der Waals surface area contributed by atoms with Gasteiger partial charge < -0.3 is 10.3 Å². The lowest BCUT2D eigenvalue weighted by molar-refractivity contribution is 0.375. The van der Waals surface area contributed by atoms with Gasteiger partial charge in [-0.25, -0.2) is 0 Å². The molecule has 1 aromatic carbocycles. The Hall–Kier alpha value is -1.10. The van der Waals surface area contributed by atoms with E-state index >= 15 is 0 Å². The summed E-state index contributed by atoms with van der Waals surface area (Å²) in [5.74, 6) is 0.978. The SMILES string of the molecule is CCc1nc(C(N)c2ccc(Cl)cc2Cl)no1. The molecule has 0 aliphatic heterocycles. The molecule has 0 aliphatic carbocycles. The van der Waals surface area contributed by atoms with Crippen molar-refractivity contribution in [2.24, 2.45) is 5.73 Å².